The van der Waals surface area contributed by atoms with Crippen LogP contribution < -0.4 is 10.1 Å². The van der Waals surface area contributed by atoms with E-state index in [-0.39, 0.29) is 30.4 Å². The number of hydrogen-bond acceptors (Lipinski definition) is 6. The molecule has 0 unspecified atom stereocenters. The van der Waals surface area contributed by atoms with E-state index in [2.05, 4.69) is 12.2 Å². The molecule has 0 aromatic heterocycles. The molecule has 0 bridgehead atoms. The van der Waals surface area contributed by atoms with Gasteiger partial charge < -0.3 is 19.9 Å². The highest BCUT2D eigenvalue weighted by atomic mass is 16.7. The molecule has 10 heteroatoms. The maximum atomic E-state index is 13.9. The van der Waals surface area contributed by atoms with Crippen molar-refractivity contribution in [2.75, 3.05) is 40.3 Å². The Bertz CT molecular complexity index is 1070. The molecule has 1 aromatic carbocycles. The van der Waals surface area contributed by atoms with Gasteiger partial charge in [0.2, 0.25) is 18.2 Å². The lowest BCUT2D eigenvalue weighted by Crippen LogP contribution is -2.58. The van der Waals surface area contributed by atoms with Gasteiger partial charge >= 0.3 is 0 Å². The minimum atomic E-state index is -0.703. The number of ether oxygens (including phenoxy) is 1. The first-order valence-electron chi connectivity index (χ1n) is 16.3. The standard InChI is InChI=1S/C34H54N4O6/c1-7-8-21-43-38(24-39)23-27(22-25-11-9-10-12-25)31(40)35-30(34(2,3)4)33(42)37-19-17-29(18-20-37)44-28-15-13-26(14-16-28)32(41)36(5)6/h13-16,24-25,27,29-30H,7-12,17-23H2,1-6H3,(H,35,40)/t27-,30-/m1/s1. The molecule has 246 valence electrons. The number of benzene rings is 1. The van der Waals surface area contributed by atoms with E-state index in [1.54, 1.807) is 26.2 Å². The van der Waals surface area contributed by atoms with Crippen molar-refractivity contribution in [3.8, 4) is 5.75 Å². The van der Waals surface area contributed by atoms with Crippen molar-refractivity contribution in [1.82, 2.24) is 20.2 Å². The van der Waals surface area contributed by atoms with Crippen LogP contribution in [0.4, 0.5) is 0 Å². The third-order valence-electron chi connectivity index (χ3n) is 8.70. The average molecular weight is 615 g/mol. The summed E-state index contributed by atoms with van der Waals surface area (Å²) in [6.07, 6.45) is 8.88. The predicted octanol–water partition coefficient (Wildman–Crippen LogP) is 4.68. The van der Waals surface area contributed by atoms with Gasteiger partial charge in [-0.3, -0.25) is 24.0 Å². The highest BCUT2D eigenvalue weighted by molar-refractivity contribution is 5.94. The van der Waals surface area contributed by atoms with Gasteiger partial charge in [-0.05, 0) is 48.4 Å². The monoisotopic (exact) mass is 614 g/mol. The van der Waals surface area contributed by atoms with Crippen molar-refractivity contribution < 1.29 is 28.8 Å². The topological polar surface area (TPSA) is 108 Å². The molecule has 44 heavy (non-hydrogen) atoms. The van der Waals surface area contributed by atoms with Crippen molar-refractivity contribution in [3.63, 3.8) is 0 Å². The van der Waals surface area contributed by atoms with E-state index in [1.807, 2.05) is 37.8 Å². The minimum Gasteiger partial charge on any atom is -0.490 e. The zero-order valence-electron chi connectivity index (χ0n) is 27.7. The zero-order chi connectivity index (χ0) is 32.3. The summed E-state index contributed by atoms with van der Waals surface area (Å²) in [6, 6.07) is 6.44. The lowest BCUT2D eigenvalue weighted by Gasteiger charge is -2.39. The number of carbonyl (C=O) groups excluding carboxylic acids is 4. The molecular formula is C34H54N4O6. The number of nitrogens with one attached hydrogen (secondary N) is 1. The predicted molar refractivity (Wildman–Crippen MR) is 170 cm³/mol. The first-order chi connectivity index (χ1) is 20.9. The summed E-state index contributed by atoms with van der Waals surface area (Å²) in [5, 5.41) is 4.36. The van der Waals surface area contributed by atoms with Crippen LogP contribution in [0.25, 0.3) is 0 Å². The van der Waals surface area contributed by atoms with Gasteiger partial charge in [0.05, 0.1) is 19.1 Å². The lowest BCUT2D eigenvalue weighted by atomic mass is 9.84. The molecule has 1 aromatic rings. The highest BCUT2D eigenvalue weighted by Crippen LogP contribution is 2.32. The van der Waals surface area contributed by atoms with E-state index in [9.17, 15) is 19.2 Å². The summed E-state index contributed by atoms with van der Waals surface area (Å²) in [7, 11) is 3.44. The Labute approximate surface area is 263 Å². The van der Waals surface area contributed by atoms with Crippen molar-refractivity contribution in [1.29, 1.82) is 0 Å². The van der Waals surface area contributed by atoms with Gasteiger partial charge in [0.1, 0.15) is 17.9 Å². The quantitative estimate of drug-likeness (QED) is 0.175. The van der Waals surface area contributed by atoms with Gasteiger partial charge in [-0.15, -0.1) is 0 Å². The molecule has 10 nitrogen and oxygen atoms in total. The normalized spacial score (nSPS) is 17.5. The molecule has 4 amide bonds. The van der Waals surface area contributed by atoms with Crippen molar-refractivity contribution in [2.24, 2.45) is 17.3 Å². The second-order valence-corrected chi connectivity index (χ2v) is 13.6. The number of amides is 4. The fraction of sp³-hybridized carbons (Fsp3) is 0.706. The maximum Gasteiger partial charge on any atom is 0.253 e. The zero-order valence-corrected chi connectivity index (χ0v) is 27.7. The van der Waals surface area contributed by atoms with Crippen LogP contribution in [0, 0.1) is 17.3 Å². The van der Waals surface area contributed by atoms with Gasteiger partial charge in [0.25, 0.3) is 5.91 Å². The fourth-order valence-electron chi connectivity index (χ4n) is 5.99. The number of unbranched alkanes of at least 4 members (excludes halogenated alkanes) is 1. The molecule has 1 aliphatic heterocycles. The first kappa shape index (κ1) is 35.3. The Hall–Kier alpha value is -3.14. The largest absolute Gasteiger partial charge is 0.490 e. The Morgan fingerprint density at radius 3 is 2.23 bits per heavy atom. The van der Waals surface area contributed by atoms with Crippen LogP contribution in [0.2, 0.25) is 0 Å². The van der Waals surface area contributed by atoms with Crippen LogP contribution in [0.15, 0.2) is 24.3 Å². The molecule has 2 fully saturated rings. The van der Waals surface area contributed by atoms with E-state index in [4.69, 9.17) is 9.57 Å². The van der Waals surface area contributed by atoms with Gasteiger partial charge in [0.15, 0.2) is 0 Å². The third kappa shape index (κ3) is 10.5. The molecular weight excluding hydrogens is 560 g/mol. The van der Waals surface area contributed by atoms with E-state index >= 15 is 0 Å². The van der Waals surface area contributed by atoms with Crippen molar-refractivity contribution in [2.45, 2.75) is 97.6 Å². The van der Waals surface area contributed by atoms with Crippen LogP contribution in [0.1, 0.15) is 95.8 Å². The van der Waals surface area contributed by atoms with Gasteiger partial charge in [-0.1, -0.05) is 59.8 Å². The molecule has 1 N–H and O–H groups in total. The number of hydroxylamine groups is 2. The van der Waals surface area contributed by atoms with Crippen LogP contribution in [-0.2, 0) is 19.2 Å². The average Bonchev–Trinajstić information content (AvgIpc) is 3.51. The molecule has 2 atom stereocenters. The fourth-order valence-corrected chi connectivity index (χ4v) is 5.99. The smallest absolute Gasteiger partial charge is 0.253 e. The van der Waals surface area contributed by atoms with E-state index in [1.165, 1.54) is 9.96 Å². The number of rotatable bonds is 15. The van der Waals surface area contributed by atoms with Crippen molar-refractivity contribution in [3.05, 3.63) is 29.8 Å². The van der Waals surface area contributed by atoms with Crippen molar-refractivity contribution >= 4 is 24.1 Å². The Balaban J connectivity index is 1.62. The number of nitrogens with zero attached hydrogens (tertiary/aromatic N) is 3. The van der Waals surface area contributed by atoms with Gasteiger partial charge in [0, 0.05) is 45.6 Å². The summed E-state index contributed by atoms with van der Waals surface area (Å²) >= 11 is 0. The Kier molecular flexibility index (Phi) is 13.5. The Morgan fingerprint density at radius 1 is 1.05 bits per heavy atom. The summed E-state index contributed by atoms with van der Waals surface area (Å²) in [4.78, 5) is 60.6. The molecule has 1 saturated heterocycles. The van der Waals surface area contributed by atoms with E-state index in [0.717, 1.165) is 38.5 Å². The number of hydrogen-bond donors (Lipinski definition) is 1. The second kappa shape index (κ2) is 16.8. The first-order valence-corrected chi connectivity index (χ1v) is 16.3. The molecule has 1 heterocycles. The highest BCUT2D eigenvalue weighted by Gasteiger charge is 2.39. The summed E-state index contributed by atoms with van der Waals surface area (Å²) in [5.41, 5.74) is 0.0949. The van der Waals surface area contributed by atoms with Crippen LogP contribution in [0.5, 0.6) is 5.75 Å². The summed E-state index contributed by atoms with van der Waals surface area (Å²) in [6.45, 7) is 9.61. The molecule has 0 spiro atoms. The molecule has 0 radical (unpaired) electrons. The van der Waals surface area contributed by atoms with E-state index < -0.39 is 17.4 Å². The van der Waals surface area contributed by atoms with E-state index in [0.29, 0.717) is 62.6 Å². The lowest BCUT2D eigenvalue weighted by molar-refractivity contribution is -0.178. The SMILES string of the molecule is CCCCON(C=O)C[C@@H](CC1CCCC1)C(=O)N[C@H](C(=O)N1CCC(Oc2ccc(C(=O)N(C)C)cc2)CC1)C(C)(C)C. The summed E-state index contributed by atoms with van der Waals surface area (Å²) < 4.78 is 6.17. The third-order valence-corrected chi connectivity index (χ3v) is 8.70. The minimum absolute atomic E-state index is 0.0463. The number of carbonyl (C=O) groups is 4. The molecule has 1 saturated carbocycles. The van der Waals surface area contributed by atoms with Gasteiger partial charge in [-0.25, -0.2) is 5.06 Å². The number of likely N-dealkylation sites (tertiary alicyclic amines) is 1. The van der Waals surface area contributed by atoms with Gasteiger partial charge in [-0.2, -0.15) is 0 Å². The van der Waals surface area contributed by atoms with Crippen LogP contribution >= 0.6 is 0 Å². The Morgan fingerprint density at radius 2 is 1.68 bits per heavy atom. The van der Waals surface area contributed by atoms with Crippen LogP contribution in [0.3, 0.4) is 0 Å². The van der Waals surface area contributed by atoms with Crippen LogP contribution in [-0.4, -0.2) is 91.5 Å². The molecule has 3 rings (SSSR count). The maximum absolute atomic E-state index is 13.9. The molecule has 1 aliphatic carbocycles. The number of piperidine rings is 1. The molecule has 2 aliphatic rings. The second-order valence-electron chi connectivity index (χ2n) is 13.6. The summed E-state index contributed by atoms with van der Waals surface area (Å²) in [5.74, 6) is 0.312.